The quantitative estimate of drug-likeness (QED) is 0.292. The summed E-state index contributed by atoms with van der Waals surface area (Å²) in [5.41, 5.74) is 10.5. The number of nitrogens with zero attached hydrogens (tertiary/aromatic N) is 6. The van der Waals surface area contributed by atoms with Crippen LogP contribution in [0.25, 0.3) is 28.1 Å². The van der Waals surface area contributed by atoms with Crippen molar-refractivity contribution in [2.24, 2.45) is 0 Å². The standard InChI is InChI=1S/C27H23FN8O3/c1-5-21(37)35-16-10-20(38-4)23(31-12-16)24-15(3)22-25(26(29)33-13-32-22)36(24)17-6-7-19(18(28)11-17)39-27-30-9-8-14(2)34-27/h5-13H,1H2,2-4H3,(H,35,37)(H2,29,32,33). The Labute approximate surface area is 222 Å². The van der Waals surface area contributed by atoms with Crippen LogP contribution >= 0.6 is 0 Å². The van der Waals surface area contributed by atoms with E-state index in [-0.39, 0.29) is 17.6 Å². The molecule has 5 aromatic rings. The topological polar surface area (TPSA) is 143 Å². The SMILES string of the molecule is C=CC(=O)Nc1cnc(-c2c(C)c3ncnc(N)c3n2-c2ccc(Oc3nccc(C)n3)c(F)c2)c(OC)c1. The van der Waals surface area contributed by atoms with Crippen molar-refractivity contribution in [3.8, 4) is 34.6 Å². The van der Waals surface area contributed by atoms with E-state index in [2.05, 4.69) is 36.8 Å². The average Bonchev–Trinajstić information content (AvgIpc) is 3.23. The molecule has 0 bridgehead atoms. The van der Waals surface area contributed by atoms with Crippen LogP contribution in [0.3, 0.4) is 0 Å². The summed E-state index contributed by atoms with van der Waals surface area (Å²) in [6.45, 7) is 7.08. The second kappa shape index (κ2) is 10.2. The number of hydrogen-bond acceptors (Lipinski definition) is 9. The third-order valence-corrected chi connectivity index (χ3v) is 5.91. The number of carbonyl (C=O) groups excluding carboxylic acids is 1. The summed E-state index contributed by atoms with van der Waals surface area (Å²) in [7, 11) is 1.48. The Kier molecular flexibility index (Phi) is 6.59. The van der Waals surface area contributed by atoms with Crippen LogP contribution in [0.2, 0.25) is 0 Å². The lowest BCUT2D eigenvalue weighted by Gasteiger charge is -2.16. The molecule has 1 aromatic carbocycles. The van der Waals surface area contributed by atoms with Crippen LogP contribution < -0.4 is 20.5 Å². The van der Waals surface area contributed by atoms with E-state index in [9.17, 15) is 4.79 Å². The lowest BCUT2D eigenvalue weighted by Crippen LogP contribution is -2.08. The first kappa shape index (κ1) is 25.3. The zero-order valence-electron chi connectivity index (χ0n) is 21.3. The third kappa shape index (κ3) is 4.70. The fraction of sp³-hybridized carbons (Fsp3) is 0.111. The van der Waals surface area contributed by atoms with Crippen molar-refractivity contribution < 1.29 is 18.7 Å². The zero-order valence-corrected chi connectivity index (χ0v) is 21.3. The average molecular weight is 527 g/mol. The monoisotopic (exact) mass is 526 g/mol. The van der Waals surface area contributed by atoms with Crippen molar-refractivity contribution in [2.45, 2.75) is 13.8 Å². The number of hydrogen-bond donors (Lipinski definition) is 2. The first-order valence-corrected chi connectivity index (χ1v) is 11.7. The molecular weight excluding hydrogens is 503 g/mol. The Balaban J connectivity index is 1.68. The molecule has 1 amide bonds. The minimum Gasteiger partial charge on any atom is -0.494 e. The van der Waals surface area contributed by atoms with Crippen LogP contribution in [0.15, 0.2) is 61.7 Å². The molecule has 0 aliphatic heterocycles. The third-order valence-electron chi connectivity index (χ3n) is 5.91. The molecule has 0 unspecified atom stereocenters. The largest absolute Gasteiger partial charge is 0.494 e. The lowest BCUT2D eigenvalue weighted by molar-refractivity contribution is -0.111. The maximum absolute atomic E-state index is 15.4. The minimum absolute atomic E-state index is 0.0276. The molecule has 0 aliphatic carbocycles. The highest BCUT2D eigenvalue weighted by Crippen LogP contribution is 2.40. The first-order valence-electron chi connectivity index (χ1n) is 11.7. The Morgan fingerprint density at radius 3 is 2.67 bits per heavy atom. The zero-order chi connectivity index (χ0) is 27.7. The van der Waals surface area contributed by atoms with E-state index >= 15 is 4.39 Å². The van der Waals surface area contributed by atoms with Gasteiger partial charge in [-0.2, -0.15) is 0 Å². The number of aryl methyl sites for hydroxylation is 2. The Morgan fingerprint density at radius 1 is 1.13 bits per heavy atom. The normalized spacial score (nSPS) is 10.9. The number of halogens is 1. The second-order valence-corrected chi connectivity index (χ2v) is 8.43. The molecule has 4 aromatic heterocycles. The number of nitrogens with two attached hydrogens (primary N) is 1. The molecule has 0 saturated carbocycles. The molecule has 12 heteroatoms. The van der Waals surface area contributed by atoms with Crippen LogP contribution in [0, 0.1) is 19.7 Å². The van der Waals surface area contributed by atoms with Crippen molar-refractivity contribution >= 4 is 28.4 Å². The molecule has 0 spiro atoms. The second-order valence-electron chi connectivity index (χ2n) is 8.43. The summed E-state index contributed by atoms with van der Waals surface area (Å²) in [5.74, 6) is -0.555. The van der Waals surface area contributed by atoms with Gasteiger partial charge in [0.15, 0.2) is 17.4 Å². The predicted molar refractivity (Wildman–Crippen MR) is 143 cm³/mol. The summed E-state index contributed by atoms with van der Waals surface area (Å²) >= 11 is 0. The van der Waals surface area contributed by atoms with Gasteiger partial charge < -0.3 is 25.1 Å². The number of amides is 1. The molecular formula is C27H23FN8O3. The fourth-order valence-corrected chi connectivity index (χ4v) is 4.15. The van der Waals surface area contributed by atoms with E-state index in [4.69, 9.17) is 15.2 Å². The van der Waals surface area contributed by atoms with Gasteiger partial charge in [0, 0.05) is 35.3 Å². The van der Waals surface area contributed by atoms with Crippen molar-refractivity contribution in [1.82, 2.24) is 29.5 Å². The maximum atomic E-state index is 15.4. The number of nitrogens with one attached hydrogen (secondary N) is 1. The highest BCUT2D eigenvalue weighted by molar-refractivity contribution is 5.99. The Bertz CT molecular complexity index is 1750. The van der Waals surface area contributed by atoms with Crippen LogP contribution in [0.4, 0.5) is 15.9 Å². The molecule has 11 nitrogen and oxygen atoms in total. The molecule has 0 fully saturated rings. The van der Waals surface area contributed by atoms with Crippen molar-refractivity contribution in [2.75, 3.05) is 18.2 Å². The highest BCUT2D eigenvalue weighted by Gasteiger charge is 2.25. The molecule has 4 heterocycles. The molecule has 0 saturated heterocycles. The number of pyridine rings is 1. The molecule has 0 aliphatic rings. The number of rotatable bonds is 7. The number of aromatic nitrogens is 6. The van der Waals surface area contributed by atoms with E-state index in [0.29, 0.717) is 50.8 Å². The fourth-order valence-electron chi connectivity index (χ4n) is 4.15. The van der Waals surface area contributed by atoms with Gasteiger partial charge in [-0.05, 0) is 38.1 Å². The first-order chi connectivity index (χ1) is 18.8. The Morgan fingerprint density at radius 2 is 1.95 bits per heavy atom. The summed E-state index contributed by atoms with van der Waals surface area (Å²) in [6, 6.07) is 7.79. The number of methoxy groups -OCH3 is 1. The number of anilines is 2. The minimum atomic E-state index is -0.652. The van der Waals surface area contributed by atoms with Gasteiger partial charge in [0.05, 0.1) is 30.2 Å². The van der Waals surface area contributed by atoms with E-state index in [1.165, 1.54) is 38.0 Å². The van der Waals surface area contributed by atoms with Gasteiger partial charge >= 0.3 is 6.01 Å². The summed E-state index contributed by atoms with van der Waals surface area (Å²) in [5, 5.41) is 2.66. The predicted octanol–water partition coefficient (Wildman–Crippen LogP) is 4.54. The van der Waals surface area contributed by atoms with Gasteiger partial charge in [0.1, 0.15) is 23.3 Å². The number of benzene rings is 1. The molecule has 39 heavy (non-hydrogen) atoms. The van der Waals surface area contributed by atoms with Gasteiger partial charge in [0.2, 0.25) is 5.91 Å². The number of nitrogen functional groups attached to an aromatic ring is 1. The molecule has 196 valence electrons. The van der Waals surface area contributed by atoms with Gasteiger partial charge in [-0.1, -0.05) is 6.58 Å². The highest BCUT2D eigenvalue weighted by atomic mass is 19.1. The van der Waals surface area contributed by atoms with Gasteiger partial charge in [0.25, 0.3) is 0 Å². The lowest BCUT2D eigenvalue weighted by atomic mass is 10.1. The van der Waals surface area contributed by atoms with Gasteiger partial charge in [-0.3, -0.25) is 4.79 Å². The van der Waals surface area contributed by atoms with Crippen LogP contribution in [-0.2, 0) is 4.79 Å². The molecule has 0 radical (unpaired) electrons. The van der Waals surface area contributed by atoms with Gasteiger partial charge in [-0.15, -0.1) is 0 Å². The smallest absolute Gasteiger partial charge is 0.322 e. The van der Waals surface area contributed by atoms with Crippen molar-refractivity contribution in [3.05, 3.63) is 78.8 Å². The maximum Gasteiger partial charge on any atom is 0.322 e. The van der Waals surface area contributed by atoms with Crippen molar-refractivity contribution in [3.63, 3.8) is 0 Å². The molecule has 3 N–H and O–H groups in total. The molecule has 0 atom stereocenters. The number of fused-ring (bicyclic) bond motifs is 1. The van der Waals surface area contributed by atoms with E-state index in [0.717, 1.165) is 6.08 Å². The van der Waals surface area contributed by atoms with Crippen LogP contribution in [-0.4, -0.2) is 42.5 Å². The van der Waals surface area contributed by atoms with Crippen molar-refractivity contribution in [1.29, 1.82) is 0 Å². The van der Waals surface area contributed by atoms with Gasteiger partial charge in [-0.25, -0.2) is 29.3 Å². The molecule has 5 rings (SSSR count). The summed E-state index contributed by atoms with van der Waals surface area (Å²) < 4.78 is 28.3. The van der Waals surface area contributed by atoms with E-state index in [1.54, 1.807) is 29.7 Å². The van der Waals surface area contributed by atoms with Crippen LogP contribution in [0.1, 0.15) is 11.3 Å². The number of ether oxygens (including phenoxy) is 2. The summed E-state index contributed by atoms with van der Waals surface area (Å²) in [4.78, 5) is 33.1. The van der Waals surface area contributed by atoms with E-state index < -0.39 is 11.7 Å². The van der Waals surface area contributed by atoms with E-state index in [1.807, 2.05) is 6.92 Å². The Hall–Kier alpha value is -5.39. The van der Waals surface area contributed by atoms with Crippen LogP contribution in [0.5, 0.6) is 17.5 Å². The number of carbonyl (C=O) groups is 1. The summed E-state index contributed by atoms with van der Waals surface area (Å²) in [6.07, 6.45) is 5.52.